The second-order valence-electron chi connectivity index (χ2n) is 6.19. The number of carbonyl (C=O) groups excluding carboxylic acids is 2. The number of hydrogen-bond donors (Lipinski definition) is 1. The number of piperidine rings is 1. The van der Waals surface area contributed by atoms with Crippen LogP contribution in [0.3, 0.4) is 0 Å². The lowest BCUT2D eigenvalue weighted by atomic mass is 10.0. The van der Waals surface area contributed by atoms with Crippen molar-refractivity contribution in [3.63, 3.8) is 0 Å². The number of hydrogen-bond acceptors (Lipinski definition) is 5. The topological polar surface area (TPSA) is 84.7 Å². The van der Waals surface area contributed by atoms with Crippen LogP contribution in [-0.2, 0) is 4.79 Å². The van der Waals surface area contributed by atoms with Gasteiger partial charge in [-0.1, -0.05) is 5.16 Å². The minimum absolute atomic E-state index is 0.0124. The van der Waals surface area contributed by atoms with Crippen LogP contribution in [0.5, 0.6) is 5.75 Å². The SMILES string of the molecule is Cc1cc(C(=O)NC2CCN(C(=O)COc3ccc(F)cc3)CC2)no1. The fraction of sp³-hybridized carbons (Fsp3) is 0.389. The molecule has 1 aromatic carbocycles. The van der Waals surface area contributed by atoms with Crippen LogP contribution < -0.4 is 10.1 Å². The van der Waals surface area contributed by atoms with E-state index in [-0.39, 0.29) is 36.0 Å². The highest BCUT2D eigenvalue weighted by Crippen LogP contribution is 2.14. The molecular formula is C18H20FN3O4. The predicted octanol–water partition coefficient (Wildman–Crippen LogP) is 1.92. The van der Waals surface area contributed by atoms with E-state index < -0.39 is 0 Å². The Morgan fingerprint density at radius 1 is 1.31 bits per heavy atom. The molecule has 0 aliphatic carbocycles. The van der Waals surface area contributed by atoms with Crippen LogP contribution in [0.4, 0.5) is 4.39 Å². The number of benzene rings is 1. The number of rotatable bonds is 5. The van der Waals surface area contributed by atoms with Crippen LogP contribution in [0.25, 0.3) is 0 Å². The van der Waals surface area contributed by atoms with Crippen molar-refractivity contribution in [1.82, 2.24) is 15.4 Å². The summed E-state index contributed by atoms with van der Waals surface area (Å²) in [6.07, 6.45) is 1.32. The first-order valence-corrected chi connectivity index (χ1v) is 8.41. The average molecular weight is 361 g/mol. The predicted molar refractivity (Wildman–Crippen MR) is 90.2 cm³/mol. The van der Waals surface area contributed by atoms with Gasteiger partial charge in [0.05, 0.1) is 0 Å². The summed E-state index contributed by atoms with van der Waals surface area (Å²) in [5.41, 5.74) is 0.258. The normalized spacial score (nSPS) is 14.9. The van der Waals surface area contributed by atoms with E-state index in [1.807, 2.05) is 0 Å². The van der Waals surface area contributed by atoms with E-state index in [0.717, 1.165) is 0 Å². The van der Waals surface area contributed by atoms with Gasteiger partial charge in [0.1, 0.15) is 17.3 Å². The van der Waals surface area contributed by atoms with Crippen molar-refractivity contribution >= 4 is 11.8 Å². The second kappa shape index (κ2) is 7.99. The molecule has 1 saturated heterocycles. The van der Waals surface area contributed by atoms with Crippen LogP contribution >= 0.6 is 0 Å². The van der Waals surface area contributed by atoms with Crippen LogP contribution in [0.1, 0.15) is 29.1 Å². The van der Waals surface area contributed by atoms with Crippen molar-refractivity contribution in [2.45, 2.75) is 25.8 Å². The van der Waals surface area contributed by atoms with Crippen molar-refractivity contribution in [3.05, 3.63) is 47.6 Å². The van der Waals surface area contributed by atoms with E-state index >= 15 is 0 Å². The molecule has 1 fully saturated rings. The minimum Gasteiger partial charge on any atom is -0.484 e. The molecule has 0 radical (unpaired) electrons. The van der Waals surface area contributed by atoms with Crippen molar-refractivity contribution in [3.8, 4) is 5.75 Å². The lowest BCUT2D eigenvalue weighted by Gasteiger charge is -2.32. The van der Waals surface area contributed by atoms with Crippen LogP contribution in [0, 0.1) is 12.7 Å². The number of nitrogens with one attached hydrogen (secondary N) is 1. The maximum atomic E-state index is 12.8. The quantitative estimate of drug-likeness (QED) is 0.880. The number of likely N-dealkylation sites (tertiary alicyclic amines) is 1. The third-order valence-corrected chi connectivity index (χ3v) is 4.22. The molecule has 26 heavy (non-hydrogen) atoms. The van der Waals surface area contributed by atoms with Gasteiger partial charge in [-0.05, 0) is 44.0 Å². The zero-order chi connectivity index (χ0) is 18.5. The molecule has 8 heteroatoms. The molecule has 3 rings (SSSR count). The molecule has 0 bridgehead atoms. The van der Waals surface area contributed by atoms with Crippen LogP contribution in [-0.4, -0.2) is 47.6 Å². The first-order valence-electron chi connectivity index (χ1n) is 8.41. The molecular weight excluding hydrogens is 341 g/mol. The molecule has 7 nitrogen and oxygen atoms in total. The number of halogens is 1. The van der Waals surface area contributed by atoms with Gasteiger partial charge in [-0.25, -0.2) is 4.39 Å². The molecule has 2 heterocycles. The average Bonchev–Trinajstić information content (AvgIpc) is 3.08. The summed E-state index contributed by atoms with van der Waals surface area (Å²) in [5, 5.41) is 6.60. The number of nitrogens with zero attached hydrogens (tertiary/aromatic N) is 2. The highest BCUT2D eigenvalue weighted by Gasteiger charge is 2.25. The molecule has 2 amide bonds. The zero-order valence-electron chi connectivity index (χ0n) is 14.4. The summed E-state index contributed by atoms with van der Waals surface area (Å²) in [5.74, 6) is 0.271. The molecule has 0 atom stereocenters. The highest BCUT2D eigenvalue weighted by molar-refractivity contribution is 5.92. The van der Waals surface area contributed by atoms with E-state index in [9.17, 15) is 14.0 Å². The van der Waals surface area contributed by atoms with Crippen molar-refractivity contribution < 1.29 is 23.2 Å². The summed E-state index contributed by atoms with van der Waals surface area (Å²) in [6, 6.07) is 7.10. The van der Waals surface area contributed by atoms with Gasteiger partial charge < -0.3 is 19.5 Å². The minimum atomic E-state index is -0.353. The Bertz CT molecular complexity index is 767. The van der Waals surface area contributed by atoms with Gasteiger partial charge >= 0.3 is 0 Å². The third kappa shape index (κ3) is 4.59. The lowest BCUT2D eigenvalue weighted by molar-refractivity contribution is -0.134. The highest BCUT2D eigenvalue weighted by atomic mass is 19.1. The van der Waals surface area contributed by atoms with E-state index in [2.05, 4.69) is 10.5 Å². The van der Waals surface area contributed by atoms with Crippen molar-refractivity contribution in [2.75, 3.05) is 19.7 Å². The molecule has 1 aliphatic rings. The molecule has 1 N–H and O–H groups in total. The Balaban J connectivity index is 1.42. The smallest absolute Gasteiger partial charge is 0.273 e. The molecule has 0 saturated carbocycles. The Kier molecular flexibility index (Phi) is 5.50. The van der Waals surface area contributed by atoms with Gasteiger partial charge in [0, 0.05) is 25.2 Å². The van der Waals surface area contributed by atoms with Gasteiger partial charge in [0.2, 0.25) is 0 Å². The van der Waals surface area contributed by atoms with E-state index in [1.165, 1.54) is 24.3 Å². The monoisotopic (exact) mass is 361 g/mol. The zero-order valence-corrected chi connectivity index (χ0v) is 14.4. The largest absolute Gasteiger partial charge is 0.484 e. The maximum Gasteiger partial charge on any atom is 0.273 e. The summed E-state index contributed by atoms with van der Waals surface area (Å²) in [7, 11) is 0. The summed E-state index contributed by atoms with van der Waals surface area (Å²) >= 11 is 0. The standard InChI is InChI=1S/C18H20FN3O4/c1-12-10-16(21-26-12)18(24)20-14-6-8-22(9-7-14)17(23)11-25-15-4-2-13(19)3-5-15/h2-5,10,14H,6-9,11H2,1H3,(H,20,24). The first-order chi connectivity index (χ1) is 12.5. The van der Waals surface area contributed by atoms with E-state index in [1.54, 1.807) is 17.9 Å². The molecule has 0 spiro atoms. The van der Waals surface area contributed by atoms with Gasteiger partial charge in [0.25, 0.3) is 11.8 Å². The van der Waals surface area contributed by atoms with Gasteiger partial charge in [-0.2, -0.15) is 0 Å². The van der Waals surface area contributed by atoms with E-state index in [4.69, 9.17) is 9.26 Å². The molecule has 138 valence electrons. The second-order valence-corrected chi connectivity index (χ2v) is 6.19. The number of aromatic nitrogens is 1. The van der Waals surface area contributed by atoms with Crippen LogP contribution in [0.15, 0.2) is 34.9 Å². The van der Waals surface area contributed by atoms with Gasteiger partial charge in [-0.15, -0.1) is 0 Å². The third-order valence-electron chi connectivity index (χ3n) is 4.22. The number of aryl methyl sites for hydroxylation is 1. The van der Waals surface area contributed by atoms with Crippen molar-refractivity contribution in [2.24, 2.45) is 0 Å². The summed E-state index contributed by atoms with van der Waals surface area (Å²) in [4.78, 5) is 26.0. The van der Waals surface area contributed by atoms with Crippen LogP contribution in [0.2, 0.25) is 0 Å². The van der Waals surface area contributed by atoms with Gasteiger partial charge in [-0.3, -0.25) is 9.59 Å². The summed E-state index contributed by atoms with van der Waals surface area (Å²) in [6.45, 7) is 2.70. The Labute approximate surface area is 150 Å². The number of ether oxygens (including phenoxy) is 1. The molecule has 2 aromatic rings. The molecule has 1 aliphatic heterocycles. The summed E-state index contributed by atoms with van der Waals surface area (Å²) < 4.78 is 23.1. The Morgan fingerprint density at radius 2 is 2.00 bits per heavy atom. The lowest BCUT2D eigenvalue weighted by Crippen LogP contribution is -2.47. The fourth-order valence-corrected chi connectivity index (χ4v) is 2.77. The molecule has 1 aromatic heterocycles. The number of amides is 2. The number of carbonyl (C=O) groups is 2. The van der Waals surface area contributed by atoms with Gasteiger partial charge in [0.15, 0.2) is 12.3 Å². The van der Waals surface area contributed by atoms with E-state index in [0.29, 0.717) is 37.4 Å². The fourth-order valence-electron chi connectivity index (χ4n) is 2.77. The first kappa shape index (κ1) is 17.9. The van der Waals surface area contributed by atoms with Crippen molar-refractivity contribution in [1.29, 1.82) is 0 Å². The Morgan fingerprint density at radius 3 is 2.62 bits per heavy atom. The maximum absolute atomic E-state index is 12.8. The molecule has 0 unspecified atom stereocenters. The Hall–Kier alpha value is -2.90.